The van der Waals surface area contributed by atoms with Crippen LogP contribution >= 0.6 is 11.8 Å². The molecule has 2 fully saturated rings. The molecule has 1 aromatic carbocycles. The van der Waals surface area contributed by atoms with Crippen molar-refractivity contribution in [3.63, 3.8) is 0 Å². The van der Waals surface area contributed by atoms with E-state index in [0.29, 0.717) is 17.7 Å². The second-order valence-electron chi connectivity index (χ2n) is 8.37. The van der Waals surface area contributed by atoms with E-state index >= 15 is 0 Å². The van der Waals surface area contributed by atoms with Gasteiger partial charge in [-0.2, -0.15) is 11.8 Å². The van der Waals surface area contributed by atoms with Gasteiger partial charge in [0.2, 0.25) is 5.91 Å². The van der Waals surface area contributed by atoms with Crippen LogP contribution in [0, 0.1) is 6.92 Å². The minimum absolute atomic E-state index is 0.0870. The normalized spacial score (nSPS) is 21.5. The van der Waals surface area contributed by atoms with Crippen molar-refractivity contribution < 1.29 is 14.4 Å². The molecule has 0 aromatic heterocycles. The summed E-state index contributed by atoms with van der Waals surface area (Å²) < 4.78 is 0. The maximum Gasteiger partial charge on any atom is 0.261 e. The lowest BCUT2D eigenvalue weighted by molar-refractivity contribution is -0.121. The number of nitrogens with zero attached hydrogens (tertiary/aromatic N) is 2. The number of thioether (sulfide) groups is 1. The maximum absolute atomic E-state index is 12.6. The fraction of sp³-hybridized carbons (Fsp3) is 0.591. The molecule has 1 N–H and O–H groups in total. The van der Waals surface area contributed by atoms with Crippen molar-refractivity contribution in [3.05, 3.63) is 34.9 Å². The van der Waals surface area contributed by atoms with E-state index in [1.165, 1.54) is 17.7 Å². The summed E-state index contributed by atoms with van der Waals surface area (Å²) in [6.07, 6.45) is 4.85. The highest BCUT2D eigenvalue weighted by atomic mass is 32.2. The molecule has 0 radical (unpaired) electrons. The van der Waals surface area contributed by atoms with Gasteiger partial charge in [-0.05, 0) is 31.9 Å². The van der Waals surface area contributed by atoms with Crippen LogP contribution in [0.2, 0.25) is 0 Å². The first kappa shape index (κ1) is 20.4. The van der Waals surface area contributed by atoms with Crippen LogP contribution in [0.15, 0.2) is 18.2 Å². The lowest BCUT2D eigenvalue weighted by atomic mass is 9.94. The molecule has 0 bridgehead atoms. The summed E-state index contributed by atoms with van der Waals surface area (Å²) in [6.45, 7) is 4.88. The zero-order chi connectivity index (χ0) is 20.4. The van der Waals surface area contributed by atoms with E-state index in [1.54, 1.807) is 12.1 Å². The number of rotatable bonds is 6. The Labute approximate surface area is 176 Å². The van der Waals surface area contributed by atoms with Crippen LogP contribution < -0.4 is 5.32 Å². The third kappa shape index (κ3) is 4.08. The van der Waals surface area contributed by atoms with Crippen LogP contribution in [0.1, 0.15) is 58.4 Å². The lowest BCUT2D eigenvalue weighted by Gasteiger charge is -2.43. The number of benzene rings is 1. The second-order valence-corrected chi connectivity index (χ2v) is 9.59. The Kier molecular flexibility index (Phi) is 5.97. The number of carbonyl (C=O) groups excluding carboxylic acids is 3. The molecule has 1 aliphatic carbocycles. The van der Waals surface area contributed by atoms with Crippen molar-refractivity contribution in [2.75, 3.05) is 37.7 Å². The van der Waals surface area contributed by atoms with E-state index in [1.807, 2.05) is 24.8 Å². The smallest absolute Gasteiger partial charge is 0.261 e. The van der Waals surface area contributed by atoms with E-state index in [4.69, 9.17) is 0 Å². The van der Waals surface area contributed by atoms with E-state index in [9.17, 15) is 14.4 Å². The molecule has 3 aliphatic rings. The highest BCUT2D eigenvalue weighted by Crippen LogP contribution is 2.36. The number of aryl methyl sites for hydroxylation is 1. The molecule has 7 heteroatoms. The van der Waals surface area contributed by atoms with Crippen molar-refractivity contribution in [1.29, 1.82) is 0 Å². The Bertz CT molecular complexity index is 814. The topological polar surface area (TPSA) is 69.7 Å². The summed E-state index contributed by atoms with van der Waals surface area (Å²) in [7, 11) is 0. The summed E-state index contributed by atoms with van der Waals surface area (Å²) in [4.78, 5) is 41.4. The van der Waals surface area contributed by atoms with Gasteiger partial charge in [-0.3, -0.25) is 24.2 Å². The summed E-state index contributed by atoms with van der Waals surface area (Å²) in [5, 5.41) is 3.11. The fourth-order valence-electron chi connectivity index (χ4n) is 4.85. The number of carbonyl (C=O) groups is 3. The minimum Gasteiger partial charge on any atom is -0.354 e. The van der Waals surface area contributed by atoms with Gasteiger partial charge in [0, 0.05) is 49.6 Å². The molecule has 1 saturated heterocycles. The third-order valence-electron chi connectivity index (χ3n) is 6.52. The lowest BCUT2D eigenvalue weighted by Crippen LogP contribution is -2.56. The predicted molar refractivity (Wildman–Crippen MR) is 114 cm³/mol. The zero-order valence-electron chi connectivity index (χ0n) is 17.0. The van der Waals surface area contributed by atoms with Crippen molar-refractivity contribution in [2.24, 2.45) is 0 Å². The molecule has 2 heterocycles. The number of nitrogens with one attached hydrogen (secondary N) is 1. The minimum atomic E-state index is -0.295. The van der Waals surface area contributed by atoms with Crippen molar-refractivity contribution in [2.45, 2.75) is 44.6 Å². The highest BCUT2D eigenvalue weighted by molar-refractivity contribution is 7.99. The highest BCUT2D eigenvalue weighted by Gasteiger charge is 2.40. The van der Waals surface area contributed by atoms with E-state index in [2.05, 4.69) is 10.2 Å². The first-order valence-electron chi connectivity index (χ1n) is 10.6. The molecule has 29 heavy (non-hydrogen) atoms. The average molecular weight is 416 g/mol. The molecule has 2 aliphatic heterocycles. The van der Waals surface area contributed by atoms with Gasteiger partial charge in [0.1, 0.15) is 0 Å². The zero-order valence-corrected chi connectivity index (χ0v) is 17.9. The molecule has 0 atom stereocenters. The van der Waals surface area contributed by atoms with Gasteiger partial charge in [0.25, 0.3) is 11.8 Å². The van der Waals surface area contributed by atoms with Crippen LogP contribution in [-0.2, 0) is 4.79 Å². The van der Waals surface area contributed by atoms with Gasteiger partial charge < -0.3 is 5.32 Å². The first-order valence-corrected chi connectivity index (χ1v) is 11.7. The number of hydrogen-bond donors (Lipinski definition) is 1. The van der Waals surface area contributed by atoms with Gasteiger partial charge in [0.15, 0.2) is 0 Å². The first-order chi connectivity index (χ1) is 14.0. The summed E-state index contributed by atoms with van der Waals surface area (Å²) in [6, 6.07) is 5.28. The fourth-order valence-corrected chi connectivity index (χ4v) is 5.75. The van der Waals surface area contributed by atoms with Gasteiger partial charge >= 0.3 is 0 Å². The summed E-state index contributed by atoms with van der Waals surface area (Å²) >= 11 is 2.00. The van der Waals surface area contributed by atoms with E-state index < -0.39 is 0 Å². The Morgan fingerprint density at radius 3 is 2.52 bits per heavy atom. The van der Waals surface area contributed by atoms with Crippen molar-refractivity contribution in [3.8, 4) is 0 Å². The van der Waals surface area contributed by atoms with E-state index in [0.717, 1.165) is 43.0 Å². The molecule has 1 saturated carbocycles. The molecule has 0 spiro atoms. The molecular formula is C22H29N3O3S. The Balaban J connectivity index is 1.32. The third-order valence-corrected chi connectivity index (χ3v) is 7.46. The summed E-state index contributed by atoms with van der Waals surface area (Å²) in [5.41, 5.74) is 1.92. The van der Waals surface area contributed by atoms with Crippen LogP contribution in [0.4, 0.5) is 0 Å². The Morgan fingerprint density at radius 2 is 1.79 bits per heavy atom. The van der Waals surface area contributed by atoms with Crippen LogP contribution in [0.25, 0.3) is 0 Å². The number of imide groups is 1. The number of hydrogen-bond acceptors (Lipinski definition) is 5. The summed E-state index contributed by atoms with van der Waals surface area (Å²) in [5.74, 6) is 1.65. The van der Waals surface area contributed by atoms with E-state index in [-0.39, 0.29) is 36.2 Å². The van der Waals surface area contributed by atoms with Crippen LogP contribution in [-0.4, -0.2) is 70.7 Å². The predicted octanol–water partition coefficient (Wildman–Crippen LogP) is 2.46. The molecule has 0 unspecified atom stereocenters. The van der Waals surface area contributed by atoms with Crippen LogP contribution in [0.5, 0.6) is 0 Å². The molecule has 1 aromatic rings. The Morgan fingerprint density at radius 1 is 1.10 bits per heavy atom. The standard InChI is InChI=1S/C22H29N3O3S/c1-16-4-5-17-18(14-16)21(28)25(20(17)27)9-6-19(26)23-15-22(7-2-3-8-22)24-10-12-29-13-11-24/h4-5,14H,2-3,6-13,15H2,1H3,(H,23,26). The number of fused-ring (bicyclic) bond motifs is 1. The molecule has 4 rings (SSSR count). The molecule has 6 nitrogen and oxygen atoms in total. The molecule has 156 valence electrons. The largest absolute Gasteiger partial charge is 0.354 e. The van der Waals surface area contributed by atoms with Crippen LogP contribution in [0.3, 0.4) is 0 Å². The quantitative estimate of drug-likeness (QED) is 0.723. The monoisotopic (exact) mass is 415 g/mol. The molecule has 3 amide bonds. The van der Waals surface area contributed by atoms with Crippen molar-refractivity contribution >= 4 is 29.5 Å². The van der Waals surface area contributed by atoms with Gasteiger partial charge in [-0.15, -0.1) is 0 Å². The Hall–Kier alpha value is -1.86. The van der Waals surface area contributed by atoms with Gasteiger partial charge in [0.05, 0.1) is 11.1 Å². The molecular weight excluding hydrogens is 386 g/mol. The number of amides is 3. The van der Waals surface area contributed by atoms with Gasteiger partial charge in [-0.1, -0.05) is 24.5 Å². The van der Waals surface area contributed by atoms with Crippen molar-refractivity contribution in [1.82, 2.24) is 15.1 Å². The van der Waals surface area contributed by atoms with Gasteiger partial charge in [-0.25, -0.2) is 0 Å². The average Bonchev–Trinajstić information content (AvgIpc) is 3.30. The second kappa shape index (κ2) is 8.48. The SMILES string of the molecule is Cc1ccc2c(c1)C(=O)N(CCC(=O)NCC1(N3CCSCC3)CCCC1)C2=O. The maximum atomic E-state index is 12.6.